The number of hydrogen-bond donors (Lipinski definition) is 0. The Morgan fingerprint density at radius 3 is 2.75 bits per heavy atom. The van der Waals surface area contributed by atoms with Crippen LogP contribution in [-0.4, -0.2) is 0 Å². The normalized spacial score (nSPS) is 9.25. The summed E-state index contributed by atoms with van der Waals surface area (Å²) in [4.78, 5) is 0. The fourth-order valence-corrected chi connectivity index (χ4v) is 0.604. The summed E-state index contributed by atoms with van der Waals surface area (Å²) in [6.45, 7) is 7.41. The highest BCUT2D eigenvalue weighted by atomic mass is 13.9. The highest BCUT2D eigenvalue weighted by Crippen LogP contribution is 1.99. The first-order valence-corrected chi connectivity index (χ1v) is 2.53. The Bertz CT molecular complexity index is 160. The Labute approximate surface area is 50.2 Å². The third-order valence-electron chi connectivity index (χ3n) is 0.979. The van der Waals surface area contributed by atoms with Gasteiger partial charge < -0.3 is 0 Å². The fourth-order valence-electron chi connectivity index (χ4n) is 0.604. The van der Waals surface area contributed by atoms with Crippen molar-refractivity contribution in [1.29, 1.82) is 0 Å². The Kier molecular flexibility index (Phi) is 1.34. The van der Waals surface area contributed by atoms with Gasteiger partial charge in [-0.25, -0.2) is 0 Å². The lowest BCUT2D eigenvalue weighted by atomic mass is 10.2. The predicted octanol–water partition coefficient (Wildman–Crippen LogP) is 1.85. The standard InChI is InChI=1S/C8H7/c1-7-4-3-5-8(2)6-7/h1,3,5-6H,2H3. The van der Waals surface area contributed by atoms with Crippen molar-refractivity contribution in [2.75, 3.05) is 0 Å². The van der Waals surface area contributed by atoms with Gasteiger partial charge in [0.1, 0.15) is 0 Å². The molecule has 0 bridgehead atoms. The molecule has 8 heavy (non-hydrogen) atoms. The van der Waals surface area contributed by atoms with Crippen LogP contribution in [0.15, 0.2) is 18.2 Å². The van der Waals surface area contributed by atoms with E-state index in [-0.39, 0.29) is 0 Å². The molecule has 0 nitrogen and oxygen atoms in total. The molecule has 0 aromatic heterocycles. The van der Waals surface area contributed by atoms with Crippen LogP contribution in [0.3, 0.4) is 0 Å². The van der Waals surface area contributed by atoms with Gasteiger partial charge in [0, 0.05) is 0 Å². The van der Waals surface area contributed by atoms with E-state index in [9.17, 15) is 0 Å². The van der Waals surface area contributed by atoms with Gasteiger partial charge in [-0.15, -0.1) is 0 Å². The van der Waals surface area contributed by atoms with Gasteiger partial charge in [-0.3, -0.25) is 0 Å². The first-order chi connectivity index (χ1) is 3.79. The van der Waals surface area contributed by atoms with Crippen LogP contribution in [0, 0.1) is 19.9 Å². The maximum absolute atomic E-state index is 5.40. The molecule has 1 aromatic rings. The van der Waals surface area contributed by atoms with Crippen LogP contribution >= 0.6 is 0 Å². The Morgan fingerprint density at radius 1 is 1.62 bits per heavy atom. The van der Waals surface area contributed by atoms with E-state index in [1.165, 1.54) is 5.56 Å². The average molecular weight is 103 g/mol. The topological polar surface area (TPSA) is 0 Å². The van der Waals surface area contributed by atoms with Gasteiger partial charge in [0.05, 0.1) is 0 Å². The van der Waals surface area contributed by atoms with Crippen LogP contribution in [0.1, 0.15) is 11.1 Å². The second-order valence-corrected chi connectivity index (χ2v) is 1.82. The minimum absolute atomic E-state index is 0.713. The van der Waals surface area contributed by atoms with Crippen LogP contribution in [-0.2, 0) is 0 Å². The summed E-state index contributed by atoms with van der Waals surface area (Å²) in [5.41, 5.74) is 1.89. The molecule has 0 spiro atoms. The van der Waals surface area contributed by atoms with Crippen molar-refractivity contribution < 1.29 is 0 Å². The van der Waals surface area contributed by atoms with Crippen molar-refractivity contribution >= 4 is 0 Å². The molecular formula is C8H7. The van der Waals surface area contributed by atoms with E-state index in [2.05, 4.69) is 6.07 Å². The van der Waals surface area contributed by atoms with E-state index in [0.717, 1.165) is 0 Å². The van der Waals surface area contributed by atoms with Gasteiger partial charge in [-0.05, 0) is 25.5 Å². The van der Waals surface area contributed by atoms with E-state index in [1.54, 1.807) is 0 Å². The summed E-state index contributed by atoms with van der Waals surface area (Å²) in [7, 11) is 0. The number of hydrogen-bond acceptors (Lipinski definition) is 0. The maximum Gasteiger partial charge on any atom is -0.000534 e. The lowest BCUT2D eigenvalue weighted by Crippen LogP contribution is -1.72. The zero-order valence-electron chi connectivity index (χ0n) is 4.81. The molecule has 0 aliphatic carbocycles. The van der Waals surface area contributed by atoms with Crippen molar-refractivity contribution in [3.05, 3.63) is 42.3 Å². The molecule has 39 valence electrons. The summed E-state index contributed by atoms with van der Waals surface area (Å²) >= 11 is 0. The molecule has 0 saturated carbocycles. The maximum atomic E-state index is 5.40. The van der Waals surface area contributed by atoms with Crippen molar-refractivity contribution in [2.45, 2.75) is 6.92 Å². The molecule has 0 atom stereocenters. The molecule has 1 aromatic carbocycles. The fraction of sp³-hybridized carbons (Fsp3) is 0.125. The molecule has 0 heteroatoms. The van der Waals surface area contributed by atoms with Crippen molar-refractivity contribution in [2.24, 2.45) is 0 Å². The van der Waals surface area contributed by atoms with E-state index in [1.807, 2.05) is 25.1 Å². The SMILES string of the molecule is [CH]c1[c]ccc(C)c1. The lowest BCUT2D eigenvalue weighted by Gasteiger charge is -1.89. The van der Waals surface area contributed by atoms with Gasteiger partial charge in [0.2, 0.25) is 0 Å². The predicted molar refractivity (Wildman–Crippen MR) is 33.4 cm³/mol. The second-order valence-electron chi connectivity index (χ2n) is 1.82. The summed E-state index contributed by atoms with van der Waals surface area (Å²) in [6.07, 6.45) is 0. The summed E-state index contributed by atoms with van der Waals surface area (Å²) < 4.78 is 0. The second kappa shape index (κ2) is 1.99. The smallest absolute Gasteiger partial charge is 0.000534 e. The highest BCUT2D eigenvalue weighted by molar-refractivity contribution is 5.22. The van der Waals surface area contributed by atoms with Crippen molar-refractivity contribution in [3.63, 3.8) is 0 Å². The quantitative estimate of drug-likeness (QED) is 0.470. The molecule has 0 saturated heterocycles. The first-order valence-electron chi connectivity index (χ1n) is 2.53. The summed E-state index contributed by atoms with van der Waals surface area (Å²) in [6, 6.07) is 8.53. The summed E-state index contributed by atoms with van der Waals surface area (Å²) in [5, 5.41) is 0. The van der Waals surface area contributed by atoms with Gasteiger partial charge in [-0.2, -0.15) is 0 Å². The molecular weight excluding hydrogens is 96.1 g/mol. The Balaban J connectivity index is 3.08. The zero-order chi connectivity index (χ0) is 5.98. The minimum atomic E-state index is 0.713. The Morgan fingerprint density at radius 2 is 2.38 bits per heavy atom. The number of aryl methyl sites for hydroxylation is 1. The molecule has 0 fully saturated rings. The average Bonchev–Trinajstić information content (AvgIpc) is 1.64. The van der Waals surface area contributed by atoms with Crippen molar-refractivity contribution in [1.82, 2.24) is 0 Å². The van der Waals surface area contributed by atoms with Crippen LogP contribution in [0.2, 0.25) is 0 Å². The van der Waals surface area contributed by atoms with E-state index < -0.39 is 0 Å². The van der Waals surface area contributed by atoms with Gasteiger partial charge in [-0.1, -0.05) is 23.8 Å². The third kappa shape index (κ3) is 1.09. The van der Waals surface area contributed by atoms with Crippen LogP contribution in [0.4, 0.5) is 0 Å². The molecule has 0 unspecified atom stereocenters. The van der Waals surface area contributed by atoms with Crippen LogP contribution < -0.4 is 0 Å². The van der Waals surface area contributed by atoms with Crippen molar-refractivity contribution in [3.8, 4) is 0 Å². The monoisotopic (exact) mass is 103 g/mol. The molecule has 0 N–H and O–H groups in total. The van der Waals surface area contributed by atoms with Gasteiger partial charge in [0.15, 0.2) is 0 Å². The van der Waals surface area contributed by atoms with Gasteiger partial charge >= 0.3 is 0 Å². The Hall–Kier alpha value is -0.780. The van der Waals surface area contributed by atoms with E-state index in [4.69, 9.17) is 6.92 Å². The largest absolute Gasteiger partial charge is 0.0587 e. The summed E-state index contributed by atoms with van der Waals surface area (Å²) in [5.74, 6) is 0. The van der Waals surface area contributed by atoms with Crippen LogP contribution in [0.25, 0.3) is 0 Å². The van der Waals surface area contributed by atoms with Crippen LogP contribution in [0.5, 0.6) is 0 Å². The molecule has 1 rings (SSSR count). The number of benzene rings is 1. The van der Waals surface area contributed by atoms with Gasteiger partial charge in [0.25, 0.3) is 0 Å². The molecule has 0 aliphatic heterocycles. The third-order valence-corrected chi connectivity index (χ3v) is 0.979. The first kappa shape index (κ1) is 5.36. The molecule has 0 amide bonds. The van der Waals surface area contributed by atoms with E-state index in [0.29, 0.717) is 5.56 Å². The zero-order valence-corrected chi connectivity index (χ0v) is 4.81. The molecule has 3 radical (unpaired) electrons. The minimum Gasteiger partial charge on any atom is -0.0587 e. The van der Waals surface area contributed by atoms with E-state index >= 15 is 0 Å². The molecule has 0 heterocycles. The highest BCUT2D eigenvalue weighted by Gasteiger charge is 1.81. The lowest BCUT2D eigenvalue weighted by molar-refractivity contribution is 1.44. The molecule has 0 aliphatic rings. The number of rotatable bonds is 0.